The molecule has 1 saturated heterocycles. The molecule has 0 aliphatic carbocycles. The SMILES string of the molecule is O=C(N1CCOCC1)n1nc(-c2ccccc2)cc1-c1ccccc1. The van der Waals surface area contributed by atoms with E-state index in [1.165, 1.54) is 4.68 Å². The topological polar surface area (TPSA) is 47.4 Å². The first-order valence-corrected chi connectivity index (χ1v) is 8.41. The Morgan fingerprint density at radius 3 is 2.12 bits per heavy atom. The van der Waals surface area contributed by atoms with Gasteiger partial charge in [-0.05, 0) is 6.07 Å². The third-order valence-electron chi connectivity index (χ3n) is 4.31. The van der Waals surface area contributed by atoms with Crippen LogP contribution in [0.2, 0.25) is 0 Å². The van der Waals surface area contributed by atoms with Crippen molar-refractivity contribution in [1.29, 1.82) is 0 Å². The molecule has 2 heterocycles. The zero-order valence-corrected chi connectivity index (χ0v) is 13.8. The van der Waals surface area contributed by atoms with Gasteiger partial charge in [-0.3, -0.25) is 0 Å². The van der Waals surface area contributed by atoms with Gasteiger partial charge in [0, 0.05) is 24.2 Å². The fourth-order valence-electron chi connectivity index (χ4n) is 2.98. The van der Waals surface area contributed by atoms with Gasteiger partial charge in [0.15, 0.2) is 0 Å². The number of amides is 1. The van der Waals surface area contributed by atoms with Crippen molar-refractivity contribution in [3.05, 3.63) is 66.7 Å². The summed E-state index contributed by atoms with van der Waals surface area (Å²) in [4.78, 5) is 14.8. The van der Waals surface area contributed by atoms with Crippen molar-refractivity contribution in [2.75, 3.05) is 26.3 Å². The Bertz CT molecular complexity index is 853. The highest BCUT2D eigenvalue weighted by molar-refractivity contribution is 5.84. The average Bonchev–Trinajstić information content (AvgIpc) is 3.15. The number of hydrogen-bond donors (Lipinski definition) is 0. The summed E-state index contributed by atoms with van der Waals surface area (Å²) in [7, 11) is 0. The Balaban J connectivity index is 1.78. The number of carbonyl (C=O) groups is 1. The number of nitrogens with zero attached hydrogens (tertiary/aromatic N) is 3. The lowest BCUT2D eigenvalue weighted by Gasteiger charge is -2.26. The molecule has 126 valence electrons. The van der Waals surface area contributed by atoms with E-state index in [0.29, 0.717) is 26.3 Å². The highest BCUT2D eigenvalue weighted by atomic mass is 16.5. The van der Waals surface area contributed by atoms with E-state index in [1.54, 1.807) is 4.90 Å². The van der Waals surface area contributed by atoms with Gasteiger partial charge in [-0.15, -0.1) is 0 Å². The zero-order chi connectivity index (χ0) is 17.1. The molecule has 5 nitrogen and oxygen atoms in total. The molecule has 1 aliphatic rings. The molecule has 1 aliphatic heterocycles. The first-order valence-electron chi connectivity index (χ1n) is 8.41. The van der Waals surface area contributed by atoms with Crippen molar-refractivity contribution < 1.29 is 9.53 Å². The molecule has 1 fully saturated rings. The van der Waals surface area contributed by atoms with Crippen LogP contribution in [-0.4, -0.2) is 47.0 Å². The highest BCUT2D eigenvalue weighted by Crippen LogP contribution is 2.26. The van der Waals surface area contributed by atoms with Crippen LogP contribution in [0, 0.1) is 0 Å². The van der Waals surface area contributed by atoms with Gasteiger partial charge in [-0.2, -0.15) is 9.78 Å². The lowest BCUT2D eigenvalue weighted by molar-refractivity contribution is 0.0530. The Morgan fingerprint density at radius 1 is 0.880 bits per heavy atom. The van der Waals surface area contributed by atoms with Crippen LogP contribution >= 0.6 is 0 Å². The van der Waals surface area contributed by atoms with Crippen LogP contribution < -0.4 is 0 Å². The Morgan fingerprint density at radius 2 is 1.48 bits per heavy atom. The van der Waals surface area contributed by atoms with E-state index in [-0.39, 0.29) is 6.03 Å². The maximum atomic E-state index is 13.0. The fraction of sp³-hybridized carbons (Fsp3) is 0.200. The smallest absolute Gasteiger partial charge is 0.345 e. The minimum atomic E-state index is -0.107. The number of rotatable bonds is 2. The Kier molecular flexibility index (Phi) is 4.31. The average molecular weight is 333 g/mol. The molecule has 5 heteroatoms. The van der Waals surface area contributed by atoms with Gasteiger partial charge in [0.2, 0.25) is 0 Å². The van der Waals surface area contributed by atoms with Crippen molar-refractivity contribution in [3.8, 4) is 22.5 Å². The molecule has 1 aromatic heterocycles. The van der Waals surface area contributed by atoms with Crippen LogP contribution in [0.5, 0.6) is 0 Å². The predicted molar refractivity (Wildman–Crippen MR) is 96.3 cm³/mol. The summed E-state index contributed by atoms with van der Waals surface area (Å²) in [5.74, 6) is 0. The van der Waals surface area contributed by atoms with Gasteiger partial charge < -0.3 is 9.64 Å². The molecule has 0 unspecified atom stereocenters. The number of morpholine rings is 1. The van der Waals surface area contributed by atoms with E-state index in [1.807, 2.05) is 66.7 Å². The van der Waals surface area contributed by atoms with E-state index in [9.17, 15) is 4.79 Å². The van der Waals surface area contributed by atoms with Crippen molar-refractivity contribution >= 4 is 6.03 Å². The molecular formula is C20H19N3O2. The van der Waals surface area contributed by atoms with Crippen LogP contribution in [0.1, 0.15) is 0 Å². The van der Waals surface area contributed by atoms with Gasteiger partial charge in [-0.1, -0.05) is 60.7 Å². The second-order valence-electron chi connectivity index (χ2n) is 5.94. The van der Waals surface area contributed by atoms with Crippen molar-refractivity contribution in [2.45, 2.75) is 0 Å². The summed E-state index contributed by atoms with van der Waals surface area (Å²) in [6, 6.07) is 21.7. The number of carbonyl (C=O) groups excluding carboxylic acids is 1. The summed E-state index contributed by atoms with van der Waals surface area (Å²) in [6.07, 6.45) is 0. The number of ether oxygens (including phenoxy) is 1. The normalized spacial score (nSPS) is 14.5. The van der Waals surface area contributed by atoms with E-state index < -0.39 is 0 Å². The molecule has 0 atom stereocenters. The number of aromatic nitrogens is 2. The van der Waals surface area contributed by atoms with Gasteiger partial charge in [0.05, 0.1) is 24.6 Å². The fourth-order valence-corrected chi connectivity index (χ4v) is 2.98. The van der Waals surface area contributed by atoms with Crippen molar-refractivity contribution in [1.82, 2.24) is 14.7 Å². The zero-order valence-electron chi connectivity index (χ0n) is 13.8. The van der Waals surface area contributed by atoms with Crippen LogP contribution in [-0.2, 0) is 4.74 Å². The quantitative estimate of drug-likeness (QED) is 0.721. The van der Waals surface area contributed by atoms with Crippen molar-refractivity contribution in [3.63, 3.8) is 0 Å². The van der Waals surface area contributed by atoms with Crippen LogP contribution in [0.15, 0.2) is 66.7 Å². The molecule has 0 radical (unpaired) electrons. The maximum Gasteiger partial charge on any atom is 0.345 e. The molecule has 1 amide bonds. The summed E-state index contributed by atoms with van der Waals surface area (Å²) in [6.45, 7) is 2.32. The molecule has 0 spiro atoms. The molecule has 0 N–H and O–H groups in total. The highest BCUT2D eigenvalue weighted by Gasteiger charge is 2.23. The standard InChI is InChI=1S/C20H19N3O2/c24-20(22-11-13-25-14-12-22)23-19(17-9-5-2-6-10-17)15-18(21-23)16-7-3-1-4-8-16/h1-10,15H,11-14H2. The number of hydrogen-bond acceptors (Lipinski definition) is 3. The third kappa shape index (κ3) is 3.19. The molecule has 0 bridgehead atoms. The summed E-state index contributed by atoms with van der Waals surface area (Å²) >= 11 is 0. The van der Waals surface area contributed by atoms with Crippen LogP contribution in [0.25, 0.3) is 22.5 Å². The minimum absolute atomic E-state index is 0.107. The summed E-state index contributed by atoms with van der Waals surface area (Å²) in [5.41, 5.74) is 3.56. The molecule has 0 saturated carbocycles. The van der Waals surface area contributed by atoms with E-state index in [0.717, 1.165) is 22.5 Å². The number of benzene rings is 2. The van der Waals surface area contributed by atoms with E-state index >= 15 is 0 Å². The Hall–Kier alpha value is -2.92. The van der Waals surface area contributed by atoms with E-state index in [2.05, 4.69) is 5.10 Å². The third-order valence-corrected chi connectivity index (χ3v) is 4.31. The van der Waals surface area contributed by atoms with Gasteiger partial charge in [0.1, 0.15) is 0 Å². The van der Waals surface area contributed by atoms with E-state index in [4.69, 9.17) is 4.74 Å². The Labute approximate surface area is 146 Å². The van der Waals surface area contributed by atoms with Gasteiger partial charge in [0.25, 0.3) is 0 Å². The first kappa shape index (κ1) is 15.6. The van der Waals surface area contributed by atoms with Crippen LogP contribution in [0.4, 0.5) is 4.79 Å². The molecule has 3 aromatic rings. The molecule has 4 rings (SSSR count). The van der Waals surface area contributed by atoms with Crippen molar-refractivity contribution in [2.24, 2.45) is 0 Å². The lowest BCUT2D eigenvalue weighted by Crippen LogP contribution is -2.43. The molecule has 25 heavy (non-hydrogen) atoms. The molecule has 2 aromatic carbocycles. The second-order valence-corrected chi connectivity index (χ2v) is 5.94. The predicted octanol–water partition coefficient (Wildman–Crippen LogP) is 3.52. The lowest BCUT2D eigenvalue weighted by atomic mass is 10.1. The summed E-state index contributed by atoms with van der Waals surface area (Å²) in [5, 5.41) is 4.62. The van der Waals surface area contributed by atoms with Gasteiger partial charge in [-0.25, -0.2) is 4.79 Å². The summed E-state index contributed by atoms with van der Waals surface area (Å²) < 4.78 is 6.87. The van der Waals surface area contributed by atoms with Gasteiger partial charge >= 0.3 is 6.03 Å². The second kappa shape index (κ2) is 6.91. The monoisotopic (exact) mass is 333 g/mol. The first-order chi connectivity index (χ1) is 12.3. The maximum absolute atomic E-state index is 13.0. The molecular weight excluding hydrogens is 314 g/mol. The van der Waals surface area contributed by atoms with Crippen LogP contribution in [0.3, 0.4) is 0 Å². The minimum Gasteiger partial charge on any atom is -0.378 e. The largest absolute Gasteiger partial charge is 0.378 e.